The quantitative estimate of drug-likeness (QED) is 0.165. The van der Waals surface area contributed by atoms with E-state index in [1.165, 1.54) is 0 Å². The fourth-order valence-corrected chi connectivity index (χ4v) is 2.45. The average Bonchev–Trinajstić information content (AvgIpc) is 2.36. The fraction of sp³-hybridized carbons (Fsp3) is 0.692. The van der Waals surface area contributed by atoms with E-state index in [4.69, 9.17) is 20.6 Å². The zero-order chi connectivity index (χ0) is 14.6. The fourth-order valence-electron chi connectivity index (χ4n) is 1.17. The molecule has 0 aliphatic rings. The predicted molar refractivity (Wildman–Crippen MR) is 80.1 cm³/mol. The standard InChI is InChI=1S/C13H23ClNO3P/c1-4-6-10-15-11-12-19(16,17-5-2)18-13(3)8-7-9-14/h15H,3-10H2,1-2H3. The molecular weight excluding hydrogens is 285 g/mol. The van der Waals surface area contributed by atoms with Crippen molar-refractivity contribution in [1.29, 1.82) is 0 Å². The molecule has 0 aromatic carbocycles. The molecule has 0 aliphatic heterocycles. The van der Waals surface area contributed by atoms with Crippen LogP contribution in [0.4, 0.5) is 0 Å². The lowest BCUT2D eigenvalue weighted by Gasteiger charge is -2.14. The second-order valence-electron chi connectivity index (χ2n) is 3.85. The van der Waals surface area contributed by atoms with Gasteiger partial charge in [-0.1, -0.05) is 19.9 Å². The van der Waals surface area contributed by atoms with E-state index in [1.807, 2.05) is 0 Å². The van der Waals surface area contributed by atoms with Gasteiger partial charge in [0.25, 0.3) is 0 Å². The highest BCUT2D eigenvalue weighted by atomic mass is 35.5. The van der Waals surface area contributed by atoms with Crippen LogP contribution < -0.4 is 5.32 Å². The first kappa shape index (κ1) is 18.4. The van der Waals surface area contributed by atoms with Gasteiger partial charge in [-0.25, -0.2) is 4.57 Å². The van der Waals surface area contributed by atoms with E-state index in [0.29, 0.717) is 24.5 Å². The molecule has 1 atom stereocenters. The van der Waals surface area contributed by atoms with Gasteiger partial charge in [0.2, 0.25) is 0 Å². The van der Waals surface area contributed by atoms with E-state index < -0.39 is 7.60 Å². The Balaban J connectivity index is 4.39. The Bertz CT molecular complexity index is 363. The Hall–Kier alpha value is -0.620. The van der Waals surface area contributed by atoms with Gasteiger partial charge in [0.15, 0.2) is 0 Å². The van der Waals surface area contributed by atoms with Crippen LogP contribution in [-0.4, -0.2) is 19.0 Å². The van der Waals surface area contributed by atoms with Gasteiger partial charge in [-0.15, -0.1) is 11.6 Å². The Morgan fingerprint density at radius 3 is 2.74 bits per heavy atom. The lowest BCUT2D eigenvalue weighted by atomic mass is 10.3. The molecular formula is C13H23ClNO3P. The molecule has 6 heteroatoms. The zero-order valence-electron chi connectivity index (χ0n) is 11.7. The zero-order valence-corrected chi connectivity index (χ0v) is 13.4. The summed E-state index contributed by atoms with van der Waals surface area (Å²) >= 11 is 5.58. The SMILES string of the molecule is C=C(CCCCl)OP(=O)(C#CNCCCC)OCC. The molecule has 0 saturated carbocycles. The Morgan fingerprint density at radius 2 is 2.16 bits per heavy atom. The summed E-state index contributed by atoms with van der Waals surface area (Å²) < 4.78 is 22.6. The predicted octanol–water partition coefficient (Wildman–Crippen LogP) is 4.07. The van der Waals surface area contributed by atoms with Crippen LogP contribution in [-0.2, 0) is 13.6 Å². The van der Waals surface area contributed by atoms with Crippen molar-refractivity contribution in [2.24, 2.45) is 0 Å². The Morgan fingerprint density at radius 1 is 1.42 bits per heavy atom. The second-order valence-corrected chi connectivity index (χ2v) is 5.89. The van der Waals surface area contributed by atoms with Gasteiger partial charge in [-0.05, 0) is 19.8 Å². The lowest BCUT2D eigenvalue weighted by Crippen LogP contribution is -2.07. The topological polar surface area (TPSA) is 47.6 Å². The Kier molecular flexibility index (Phi) is 10.9. The van der Waals surface area contributed by atoms with E-state index >= 15 is 0 Å². The molecule has 110 valence electrons. The number of halogens is 1. The third-order valence-corrected chi connectivity index (χ3v) is 3.82. The summed E-state index contributed by atoms with van der Waals surface area (Å²) in [5.41, 5.74) is 2.52. The van der Waals surface area contributed by atoms with Crippen LogP contribution in [0.3, 0.4) is 0 Å². The summed E-state index contributed by atoms with van der Waals surface area (Å²) in [5.74, 6) is 0.895. The molecule has 4 nitrogen and oxygen atoms in total. The molecule has 0 spiro atoms. The van der Waals surface area contributed by atoms with Crippen LogP contribution in [0.5, 0.6) is 0 Å². The summed E-state index contributed by atoms with van der Waals surface area (Å²) in [6.07, 6.45) is 3.35. The van der Waals surface area contributed by atoms with E-state index in [-0.39, 0.29) is 6.61 Å². The highest BCUT2D eigenvalue weighted by Crippen LogP contribution is 2.49. The maximum absolute atomic E-state index is 12.3. The molecule has 1 unspecified atom stereocenters. The van der Waals surface area contributed by atoms with Crippen molar-refractivity contribution < 1.29 is 13.6 Å². The smallest absolute Gasteiger partial charge is 0.421 e. The Labute approximate surface area is 121 Å². The van der Waals surface area contributed by atoms with Crippen LogP contribution in [0.15, 0.2) is 12.3 Å². The maximum Gasteiger partial charge on any atom is 0.458 e. The van der Waals surface area contributed by atoms with Crippen molar-refractivity contribution >= 4 is 19.2 Å². The minimum Gasteiger partial charge on any atom is -0.421 e. The number of hydrogen-bond acceptors (Lipinski definition) is 4. The van der Waals surface area contributed by atoms with Gasteiger partial charge in [-0.3, -0.25) is 4.52 Å². The third-order valence-electron chi connectivity index (χ3n) is 2.07. The summed E-state index contributed by atoms with van der Waals surface area (Å²) in [6.45, 7) is 8.54. The number of hydrogen-bond donors (Lipinski definition) is 1. The number of unbranched alkanes of at least 4 members (excludes halogenated alkanes) is 1. The monoisotopic (exact) mass is 307 g/mol. The molecule has 0 aliphatic carbocycles. The first-order valence-electron chi connectivity index (χ1n) is 6.51. The largest absolute Gasteiger partial charge is 0.458 e. The van der Waals surface area contributed by atoms with Gasteiger partial charge < -0.3 is 9.84 Å². The summed E-state index contributed by atoms with van der Waals surface area (Å²) in [7, 11) is -3.43. The summed E-state index contributed by atoms with van der Waals surface area (Å²) in [5, 5.41) is 2.87. The summed E-state index contributed by atoms with van der Waals surface area (Å²) in [6, 6.07) is 2.63. The van der Waals surface area contributed by atoms with Crippen molar-refractivity contribution in [1.82, 2.24) is 5.32 Å². The molecule has 0 amide bonds. The first-order chi connectivity index (χ1) is 9.08. The molecule has 0 radical (unpaired) electrons. The van der Waals surface area contributed by atoms with E-state index in [2.05, 4.69) is 30.5 Å². The first-order valence-corrected chi connectivity index (χ1v) is 8.58. The molecule has 0 fully saturated rings. The molecule has 0 aromatic rings. The molecule has 0 rings (SSSR count). The molecule has 0 bridgehead atoms. The normalized spacial score (nSPS) is 13.0. The number of allylic oxidation sites excluding steroid dienone is 1. The molecule has 1 N–H and O–H groups in total. The van der Waals surface area contributed by atoms with Crippen LogP contribution >= 0.6 is 19.2 Å². The van der Waals surface area contributed by atoms with Gasteiger partial charge in [0.1, 0.15) is 0 Å². The van der Waals surface area contributed by atoms with E-state index in [0.717, 1.165) is 19.4 Å². The number of nitrogens with one attached hydrogen (secondary N) is 1. The maximum atomic E-state index is 12.3. The third kappa shape index (κ3) is 9.90. The van der Waals surface area contributed by atoms with Gasteiger partial charge in [-0.2, -0.15) is 0 Å². The highest BCUT2D eigenvalue weighted by molar-refractivity contribution is 7.59. The van der Waals surface area contributed by atoms with Crippen LogP contribution in [0.1, 0.15) is 39.5 Å². The van der Waals surface area contributed by atoms with Crippen molar-refractivity contribution in [3.8, 4) is 11.7 Å². The summed E-state index contributed by atoms with van der Waals surface area (Å²) in [4.78, 5) is 0. The minimum atomic E-state index is -3.43. The van der Waals surface area contributed by atoms with E-state index in [1.54, 1.807) is 6.92 Å². The van der Waals surface area contributed by atoms with Crippen LogP contribution in [0, 0.1) is 11.7 Å². The molecule has 0 aromatic heterocycles. The van der Waals surface area contributed by atoms with Gasteiger partial charge >= 0.3 is 7.60 Å². The minimum absolute atomic E-state index is 0.268. The lowest BCUT2D eigenvalue weighted by molar-refractivity contribution is 0.256. The number of rotatable bonds is 10. The molecule has 0 saturated heterocycles. The number of alkyl halides is 1. The van der Waals surface area contributed by atoms with Gasteiger partial charge in [0.05, 0.1) is 18.0 Å². The van der Waals surface area contributed by atoms with E-state index in [9.17, 15) is 4.57 Å². The van der Waals surface area contributed by atoms with Gasteiger partial charge in [0, 0.05) is 24.9 Å². The van der Waals surface area contributed by atoms with Crippen LogP contribution in [0.25, 0.3) is 0 Å². The van der Waals surface area contributed by atoms with Crippen molar-refractivity contribution in [2.75, 3.05) is 19.0 Å². The second kappa shape index (κ2) is 11.2. The molecule has 0 heterocycles. The van der Waals surface area contributed by atoms with Crippen molar-refractivity contribution in [3.63, 3.8) is 0 Å². The van der Waals surface area contributed by atoms with Crippen molar-refractivity contribution in [2.45, 2.75) is 39.5 Å². The van der Waals surface area contributed by atoms with Crippen LogP contribution in [0.2, 0.25) is 0 Å². The highest BCUT2D eigenvalue weighted by Gasteiger charge is 2.23. The van der Waals surface area contributed by atoms with Crippen molar-refractivity contribution in [3.05, 3.63) is 12.3 Å². The molecule has 19 heavy (non-hydrogen) atoms. The average molecular weight is 308 g/mol.